The molecule has 0 spiro atoms. The molecule has 0 fully saturated rings. The number of hydrogen-bond donors (Lipinski definition) is 4. The Labute approximate surface area is 281 Å². The second kappa shape index (κ2) is 14.0. The van der Waals surface area contributed by atoms with Crippen LogP contribution >= 0.6 is 0 Å². The highest BCUT2D eigenvalue weighted by Crippen LogP contribution is 2.26. The molecule has 0 saturated carbocycles. The van der Waals surface area contributed by atoms with Gasteiger partial charge in [0.15, 0.2) is 0 Å². The molecule has 0 aliphatic heterocycles. The summed E-state index contributed by atoms with van der Waals surface area (Å²) in [5, 5.41) is 72.3. The zero-order chi connectivity index (χ0) is 35.9. The molecule has 0 unspecified atom stereocenters. The minimum Gasteiger partial charge on any atom is -0.507 e. The number of rotatable bonds is 6. The molecule has 16 heteroatoms. The Balaban J connectivity index is 0.000000343. The van der Waals surface area contributed by atoms with Crippen LogP contribution in [0.4, 0.5) is 0 Å². The number of nitriles is 2. The molecule has 0 amide bonds. The minimum atomic E-state index is -1.27. The van der Waals surface area contributed by atoms with Gasteiger partial charge in [-0.05, 0) is 48.5 Å². The summed E-state index contributed by atoms with van der Waals surface area (Å²) in [6.45, 7) is 0. The van der Waals surface area contributed by atoms with E-state index >= 15 is 0 Å². The molecule has 0 saturated heterocycles. The highest BCUT2D eigenvalue weighted by molar-refractivity contribution is 5.91. The number of aromatic nitrogens is 8. The first-order chi connectivity index (χ1) is 24.0. The zero-order valence-corrected chi connectivity index (χ0v) is 25.2. The first-order valence-corrected chi connectivity index (χ1v) is 13.8. The van der Waals surface area contributed by atoms with E-state index in [9.17, 15) is 25.1 Å². The number of carbonyl (C=O) groups is 2. The van der Waals surface area contributed by atoms with Crippen LogP contribution in [0.15, 0.2) is 73.1 Å². The maximum atomic E-state index is 11.1. The molecule has 0 radical (unpaired) electrons. The van der Waals surface area contributed by atoms with Gasteiger partial charge in [-0.2, -0.15) is 10.5 Å². The van der Waals surface area contributed by atoms with Gasteiger partial charge in [0.2, 0.25) is 0 Å². The van der Waals surface area contributed by atoms with Crippen LogP contribution in [0.1, 0.15) is 43.2 Å². The van der Waals surface area contributed by atoms with Crippen LogP contribution in [0.3, 0.4) is 0 Å². The standard InChI is InChI=1S/C24H14N8O6.C10H4N2/c25-9-12-5-17(19-10-31(29-27-19)13-1-3-15(23(35)36)21(33)7-13)26-18(6-12)20-11-32(30-28-20)14-2-4-16(24(37)38)22(34)8-14;1-3-9-5-8(7-11)6-10(4-2)12-9/h1-8,10-11,33-34H,(H,35,36)(H,37,38);1-2,5-6H. The summed E-state index contributed by atoms with van der Waals surface area (Å²) in [6.07, 6.45) is 13.2. The molecule has 4 aromatic heterocycles. The Morgan fingerprint density at radius 2 is 1.04 bits per heavy atom. The summed E-state index contributed by atoms with van der Waals surface area (Å²) in [7, 11) is 0. The van der Waals surface area contributed by atoms with E-state index in [4.69, 9.17) is 28.3 Å². The van der Waals surface area contributed by atoms with Gasteiger partial charge in [-0.15, -0.1) is 23.0 Å². The summed E-state index contributed by atoms with van der Waals surface area (Å²) < 4.78 is 2.62. The van der Waals surface area contributed by atoms with Crippen LogP contribution in [-0.2, 0) is 0 Å². The number of aromatic hydroxyl groups is 2. The van der Waals surface area contributed by atoms with Gasteiger partial charge >= 0.3 is 11.9 Å². The van der Waals surface area contributed by atoms with Crippen LogP contribution in [0.2, 0.25) is 0 Å². The molecule has 0 bridgehead atoms. The lowest BCUT2D eigenvalue weighted by molar-refractivity contribution is 0.0682. The van der Waals surface area contributed by atoms with E-state index in [0.717, 1.165) is 0 Å². The largest absolute Gasteiger partial charge is 0.507 e. The van der Waals surface area contributed by atoms with Crippen LogP contribution in [0, 0.1) is 47.3 Å². The smallest absolute Gasteiger partial charge is 0.339 e. The summed E-state index contributed by atoms with van der Waals surface area (Å²) in [6, 6.07) is 17.8. The van der Waals surface area contributed by atoms with Crippen molar-refractivity contribution in [2.75, 3.05) is 0 Å². The topological polar surface area (TPSA) is 250 Å². The molecule has 0 atom stereocenters. The highest BCUT2D eigenvalue weighted by atomic mass is 16.4. The van der Waals surface area contributed by atoms with E-state index in [1.54, 1.807) is 0 Å². The lowest BCUT2D eigenvalue weighted by Crippen LogP contribution is -2.00. The molecule has 6 aromatic rings. The van der Waals surface area contributed by atoms with Gasteiger partial charge in [-0.25, -0.2) is 28.9 Å². The number of carboxylic acid groups (broad SMARTS) is 2. The van der Waals surface area contributed by atoms with Crippen molar-refractivity contribution in [3.05, 3.63) is 107 Å². The van der Waals surface area contributed by atoms with Crippen molar-refractivity contribution in [1.29, 1.82) is 10.5 Å². The fourth-order valence-electron chi connectivity index (χ4n) is 4.30. The molecule has 50 heavy (non-hydrogen) atoms. The SMILES string of the molecule is C#Cc1cc(C#N)cc(C#C)n1.N#Cc1cc(-c2cn(-c3ccc(C(=O)O)c(O)c3)nn2)nc(-c2cn(-c3ccc(C(=O)O)c(O)c3)nn2)c1. The quantitative estimate of drug-likeness (QED) is 0.187. The second-order valence-corrected chi connectivity index (χ2v) is 9.87. The van der Waals surface area contributed by atoms with E-state index in [2.05, 4.69) is 42.4 Å². The number of nitrogens with zero attached hydrogens (tertiary/aromatic N) is 10. The average Bonchev–Trinajstić information content (AvgIpc) is 3.82. The molecule has 2 aromatic carbocycles. The number of carboxylic acids is 2. The Morgan fingerprint density at radius 1 is 0.620 bits per heavy atom. The second-order valence-electron chi connectivity index (χ2n) is 9.87. The summed E-state index contributed by atoms with van der Waals surface area (Å²) in [4.78, 5) is 30.7. The molecular weight excluding hydrogens is 644 g/mol. The van der Waals surface area contributed by atoms with Gasteiger partial charge in [-0.3, -0.25) is 0 Å². The Kier molecular flexibility index (Phi) is 9.23. The molecule has 240 valence electrons. The average molecular weight is 663 g/mol. The van der Waals surface area contributed by atoms with Crippen molar-refractivity contribution in [1.82, 2.24) is 40.0 Å². The predicted octanol–water partition coefficient (Wildman–Crippen LogP) is 3.17. The third-order valence-corrected chi connectivity index (χ3v) is 6.67. The maximum absolute atomic E-state index is 11.1. The van der Waals surface area contributed by atoms with E-state index in [1.165, 1.54) is 82.4 Å². The van der Waals surface area contributed by atoms with Crippen LogP contribution < -0.4 is 0 Å². The van der Waals surface area contributed by atoms with Gasteiger partial charge in [0.1, 0.15) is 45.4 Å². The molecule has 6 rings (SSSR count). The normalized spacial score (nSPS) is 10.0. The van der Waals surface area contributed by atoms with E-state index in [1.807, 2.05) is 12.1 Å². The van der Waals surface area contributed by atoms with Gasteiger partial charge in [-0.1, -0.05) is 22.3 Å². The van der Waals surface area contributed by atoms with E-state index < -0.39 is 23.4 Å². The van der Waals surface area contributed by atoms with Crippen molar-refractivity contribution in [2.24, 2.45) is 0 Å². The minimum absolute atomic E-state index is 0.251. The monoisotopic (exact) mass is 662 g/mol. The fourth-order valence-corrected chi connectivity index (χ4v) is 4.30. The van der Waals surface area contributed by atoms with Crippen molar-refractivity contribution >= 4 is 11.9 Å². The number of hydrogen-bond acceptors (Lipinski definition) is 12. The van der Waals surface area contributed by atoms with Gasteiger partial charge in [0, 0.05) is 12.1 Å². The summed E-state index contributed by atoms with van der Waals surface area (Å²) >= 11 is 0. The number of terminal acetylenes is 2. The van der Waals surface area contributed by atoms with Gasteiger partial charge in [0.05, 0.1) is 58.4 Å². The number of phenols is 2. The molecular formula is C34H18N10O6. The first-order valence-electron chi connectivity index (χ1n) is 13.8. The summed E-state index contributed by atoms with van der Waals surface area (Å²) in [5.74, 6) is 1.22. The number of pyridine rings is 2. The van der Waals surface area contributed by atoms with E-state index in [-0.39, 0.29) is 39.5 Å². The Morgan fingerprint density at radius 3 is 1.40 bits per heavy atom. The maximum Gasteiger partial charge on any atom is 0.339 e. The van der Waals surface area contributed by atoms with Gasteiger partial charge in [0.25, 0.3) is 0 Å². The van der Waals surface area contributed by atoms with Crippen molar-refractivity contribution in [3.8, 4) is 82.5 Å². The molecule has 0 aliphatic rings. The van der Waals surface area contributed by atoms with E-state index in [0.29, 0.717) is 28.3 Å². The molecule has 0 aliphatic carbocycles. The third-order valence-electron chi connectivity index (χ3n) is 6.67. The van der Waals surface area contributed by atoms with Crippen molar-refractivity contribution in [2.45, 2.75) is 0 Å². The van der Waals surface area contributed by atoms with Gasteiger partial charge < -0.3 is 20.4 Å². The fraction of sp³-hybridized carbons (Fsp3) is 0. The lowest BCUT2D eigenvalue weighted by atomic mass is 10.1. The first kappa shape index (κ1) is 33.0. The highest BCUT2D eigenvalue weighted by Gasteiger charge is 2.16. The van der Waals surface area contributed by atoms with Crippen LogP contribution in [0.25, 0.3) is 34.2 Å². The molecule has 4 N–H and O–H groups in total. The van der Waals surface area contributed by atoms with Crippen LogP contribution in [-0.4, -0.2) is 72.3 Å². The lowest BCUT2D eigenvalue weighted by Gasteiger charge is -2.04. The number of aromatic carboxylic acids is 2. The van der Waals surface area contributed by atoms with Crippen LogP contribution in [0.5, 0.6) is 11.5 Å². The zero-order valence-electron chi connectivity index (χ0n) is 25.2. The third kappa shape index (κ3) is 7.06. The molecule has 4 heterocycles. The molecule has 16 nitrogen and oxygen atoms in total. The van der Waals surface area contributed by atoms with Crippen molar-refractivity contribution < 1.29 is 30.0 Å². The van der Waals surface area contributed by atoms with Crippen molar-refractivity contribution in [3.63, 3.8) is 0 Å². The summed E-state index contributed by atoms with van der Waals surface area (Å²) in [5.41, 5.74) is 2.79. The Bertz CT molecular complexity index is 2290. The Hall–Kier alpha value is -8.34. The predicted molar refractivity (Wildman–Crippen MR) is 172 cm³/mol. The number of benzene rings is 2.